The summed E-state index contributed by atoms with van der Waals surface area (Å²) >= 11 is 6.00. The zero-order valence-corrected chi connectivity index (χ0v) is 19.4. The number of oxazole rings is 1. The highest BCUT2D eigenvalue weighted by atomic mass is 35.5. The maximum Gasteiger partial charge on any atom is 0.332 e. The summed E-state index contributed by atoms with van der Waals surface area (Å²) < 4.78 is 21.7. The predicted molar refractivity (Wildman–Crippen MR) is 122 cm³/mol. The molecule has 1 fully saturated rings. The summed E-state index contributed by atoms with van der Waals surface area (Å²) in [4.78, 5) is 28.9. The molecule has 2 heterocycles. The minimum atomic E-state index is -2.04. The number of carbonyl (C=O) groups is 2. The third kappa shape index (κ3) is 5.14. The van der Waals surface area contributed by atoms with E-state index in [9.17, 15) is 9.59 Å². The number of nitrogens with zero attached hydrogens (tertiary/aromatic N) is 1. The summed E-state index contributed by atoms with van der Waals surface area (Å²) in [7, 11) is 0. The van der Waals surface area contributed by atoms with Gasteiger partial charge in [-0.1, -0.05) is 61.0 Å². The molecule has 178 valence electrons. The summed E-state index contributed by atoms with van der Waals surface area (Å²) in [5, 5.41) is 0.675. The number of halogens is 1. The summed E-state index contributed by atoms with van der Waals surface area (Å²) in [6.07, 6.45) is 2.98. The Kier molecular flexibility index (Phi) is 7.02. The summed E-state index contributed by atoms with van der Waals surface area (Å²) in [5.74, 6) is -3.64. The first-order valence-electron chi connectivity index (χ1n) is 10.8. The fraction of sp³-hybridized carbons (Fsp3) is 0.320. The Balaban J connectivity index is 1.45. The fourth-order valence-electron chi connectivity index (χ4n) is 3.98. The van der Waals surface area contributed by atoms with Gasteiger partial charge in [-0.05, 0) is 36.1 Å². The molecule has 1 aliphatic heterocycles. The normalized spacial score (nSPS) is 21.6. The fourth-order valence-corrected chi connectivity index (χ4v) is 4.11. The van der Waals surface area contributed by atoms with Crippen LogP contribution >= 0.6 is 11.6 Å². The van der Waals surface area contributed by atoms with Crippen molar-refractivity contribution in [2.75, 3.05) is 6.61 Å². The molecule has 0 radical (unpaired) electrons. The van der Waals surface area contributed by atoms with Crippen molar-refractivity contribution < 1.29 is 28.2 Å². The Morgan fingerprint density at radius 2 is 1.94 bits per heavy atom. The SMILES string of the molecule is CC(CCc1ccc(Cl)cc1)(CC(=O)OC1COC(C(N)=O)(c2ncco2)O1)c1ccccc1. The molecule has 1 amide bonds. The standard InChI is InChI=1S/C25H25ClN2O6/c1-24(18-5-3-2-4-6-18,12-11-17-7-9-19(26)10-8-17)15-20(29)33-21-16-32-25(34-21,22(27)30)23-28-13-14-31-23/h2-10,13-14,21H,11-12,15-16H2,1H3,(H2,27,30). The van der Waals surface area contributed by atoms with Crippen LogP contribution in [-0.4, -0.2) is 29.8 Å². The lowest BCUT2D eigenvalue weighted by Crippen LogP contribution is -2.43. The molecule has 34 heavy (non-hydrogen) atoms. The number of amides is 1. The monoisotopic (exact) mass is 484 g/mol. The quantitative estimate of drug-likeness (QED) is 0.458. The molecule has 3 atom stereocenters. The van der Waals surface area contributed by atoms with Gasteiger partial charge in [0, 0.05) is 10.4 Å². The van der Waals surface area contributed by atoms with Crippen molar-refractivity contribution in [2.24, 2.45) is 5.73 Å². The van der Waals surface area contributed by atoms with Crippen LogP contribution in [-0.2, 0) is 41.4 Å². The molecule has 2 N–H and O–H groups in total. The molecule has 2 aromatic carbocycles. The largest absolute Gasteiger partial charge is 0.444 e. The third-order valence-corrected chi connectivity index (χ3v) is 6.16. The van der Waals surface area contributed by atoms with E-state index in [1.165, 1.54) is 12.5 Å². The van der Waals surface area contributed by atoms with Gasteiger partial charge in [0.25, 0.3) is 11.8 Å². The number of esters is 1. The van der Waals surface area contributed by atoms with Crippen LogP contribution in [0.3, 0.4) is 0 Å². The van der Waals surface area contributed by atoms with Crippen molar-refractivity contribution in [3.05, 3.63) is 89.1 Å². The smallest absolute Gasteiger partial charge is 0.332 e. The van der Waals surface area contributed by atoms with Crippen LogP contribution in [0.1, 0.15) is 36.8 Å². The molecule has 1 aromatic heterocycles. The number of rotatable bonds is 9. The second-order valence-electron chi connectivity index (χ2n) is 8.40. The molecule has 0 spiro atoms. The van der Waals surface area contributed by atoms with E-state index in [1.807, 2.05) is 61.5 Å². The van der Waals surface area contributed by atoms with Gasteiger partial charge >= 0.3 is 11.8 Å². The molecule has 0 saturated carbocycles. The highest BCUT2D eigenvalue weighted by Crippen LogP contribution is 2.36. The topological polar surface area (TPSA) is 114 Å². The number of benzene rings is 2. The van der Waals surface area contributed by atoms with Crippen LogP contribution in [0.15, 0.2) is 71.5 Å². The number of hydrogen-bond acceptors (Lipinski definition) is 7. The molecule has 9 heteroatoms. The highest BCUT2D eigenvalue weighted by molar-refractivity contribution is 6.30. The van der Waals surface area contributed by atoms with Gasteiger partial charge < -0.3 is 19.6 Å². The van der Waals surface area contributed by atoms with Gasteiger partial charge in [0.1, 0.15) is 12.9 Å². The van der Waals surface area contributed by atoms with E-state index >= 15 is 0 Å². The molecule has 0 aliphatic carbocycles. The van der Waals surface area contributed by atoms with Gasteiger partial charge in [-0.15, -0.1) is 0 Å². The van der Waals surface area contributed by atoms with Gasteiger partial charge in [0.2, 0.25) is 6.29 Å². The van der Waals surface area contributed by atoms with E-state index in [1.54, 1.807) is 0 Å². The van der Waals surface area contributed by atoms with Gasteiger partial charge in [-0.2, -0.15) is 0 Å². The average molecular weight is 485 g/mol. The van der Waals surface area contributed by atoms with E-state index < -0.39 is 29.4 Å². The third-order valence-electron chi connectivity index (χ3n) is 5.91. The maximum atomic E-state index is 13.0. The van der Waals surface area contributed by atoms with Crippen molar-refractivity contribution in [1.29, 1.82) is 0 Å². The minimum absolute atomic E-state index is 0.0903. The Morgan fingerprint density at radius 1 is 1.21 bits per heavy atom. The number of primary amides is 1. The Hall–Kier alpha value is -3.20. The lowest BCUT2D eigenvalue weighted by Gasteiger charge is -2.30. The molecule has 1 aliphatic rings. The molecular weight excluding hydrogens is 460 g/mol. The van der Waals surface area contributed by atoms with Crippen molar-refractivity contribution in [3.63, 3.8) is 0 Å². The van der Waals surface area contributed by atoms with Crippen LogP contribution in [0.4, 0.5) is 0 Å². The molecular formula is C25H25ClN2O6. The number of nitrogens with two attached hydrogens (primary N) is 1. The van der Waals surface area contributed by atoms with E-state index in [2.05, 4.69) is 4.98 Å². The van der Waals surface area contributed by atoms with E-state index in [4.69, 9.17) is 36.0 Å². The van der Waals surface area contributed by atoms with Crippen LogP contribution in [0.25, 0.3) is 0 Å². The van der Waals surface area contributed by atoms with E-state index in [-0.39, 0.29) is 18.9 Å². The Morgan fingerprint density at radius 3 is 2.59 bits per heavy atom. The maximum absolute atomic E-state index is 13.0. The Bertz CT molecular complexity index is 1120. The number of aromatic nitrogens is 1. The number of ether oxygens (including phenoxy) is 3. The van der Waals surface area contributed by atoms with Gasteiger partial charge in [0.05, 0.1) is 12.6 Å². The number of aryl methyl sites for hydroxylation is 1. The predicted octanol–water partition coefficient (Wildman–Crippen LogP) is 3.86. The van der Waals surface area contributed by atoms with Crippen molar-refractivity contribution in [2.45, 2.75) is 43.7 Å². The molecule has 3 aromatic rings. The van der Waals surface area contributed by atoms with Crippen molar-refractivity contribution in [3.8, 4) is 0 Å². The molecule has 4 rings (SSSR count). The summed E-state index contributed by atoms with van der Waals surface area (Å²) in [6.45, 7) is 1.83. The lowest BCUT2D eigenvalue weighted by atomic mass is 9.75. The van der Waals surface area contributed by atoms with Crippen molar-refractivity contribution >= 4 is 23.5 Å². The molecule has 8 nitrogen and oxygen atoms in total. The van der Waals surface area contributed by atoms with E-state index in [0.29, 0.717) is 11.4 Å². The zero-order valence-electron chi connectivity index (χ0n) is 18.6. The summed E-state index contributed by atoms with van der Waals surface area (Å²) in [6, 6.07) is 17.4. The molecule has 3 unspecified atom stereocenters. The first-order valence-corrected chi connectivity index (χ1v) is 11.2. The van der Waals surface area contributed by atoms with Crippen LogP contribution in [0, 0.1) is 0 Å². The second-order valence-corrected chi connectivity index (χ2v) is 8.83. The molecule has 0 bridgehead atoms. The van der Waals surface area contributed by atoms with Gasteiger partial charge in [-0.25, -0.2) is 4.98 Å². The number of carbonyl (C=O) groups excluding carboxylic acids is 2. The van der Waals surface area contributed by atoms with Crippen LogP contribution < -0.4 is 5.73 Å². The lowest BCUT2D eigenvalue weighted by molar-refractivity contribution is -0.223. The highest BCUT2D eigenvalue weighted by Gasteiger charge is 2.54. The van der Waals surface area contributed by atoms with Crippen molar-refractivity contribution in [1.82, 2.24) is 4.98 Å². The van der Waals surface area contributed by atoms with Crippen LogP contribution in [0.2, 0.25) is 5.02 Å². The van der Waals surface area contributed by atoms with E-state index in [0.717, 1.165) is 17.5 Å². The van der Waals surface area contributed by atoms with Gasteiger partial charge in [-0.3, -0.25) is 14.3 Å². The second kappa shape index (κ2) is 9.97. The average Bonchev–Trinajstić information content (AvgIpc) is 3.50. The first kappa shape index (κ1) is 23.9. The minimum Gasteiger partial charge on any atom is -0.444 e. The zero-order chi connectivity index (χ0) is 24.2. The Labute approximate surface area is 202 Å². The molecule has 1 saturated heterocycles. The summed E-state index contributed by atoms with van der Waals surface area (Å²) in [5.41, 5.74) is 7.07. The van der Waals surface area contributed by atoms with Gasteiger partial charge in [0.15, 0.2) is 0 Å². The first-order chi connectivity index (χ1) is 16.3. The number of hydrogen-bond donors (Lipinski definition) is 1. The van der Waals surface area contributed by atoms with Crippen LogP contribution in [0.5, 0.6) is 0 Å².